The van der Waals surface area contributed by atoms with Crippen LogP contribution >= 0.6 is 23.4 Å². The van der Waals surface area contributed by atoms with Crippen LogP contribution in [-0.2, 0) is 18.4 Å². The molecule has 0 aliphatic carbocycles. The maximum absolute atomic E-state index is 12.2. The van der Waals surface area contributed by atoms with Crippen LogP contribution in [0.2, 0.25) is 5.02 Å². The normalized spacial score (nSPS) is 10.5. The standard InChI is InChI=1S/C19H20ClN5O2S/c1-25-17(11-21-14-5-3-13(20)4-6-14)23-24-19(25)28-12-18(26)22-15-7-9-16(27-2)10-8-15/h3-10,21H,11-12H2,1-2H3,(H,22,26). The first-order chi connectivity index (χ1) is 13.5. The van der Waals surface area contributed by atoms with Crippen molar-refractivity contribution in [2.75, 3.05) is 23.5 Å². The van der Waals surface area contributed by atoms with Crippen molar-refractivity contribution < 1.29 is 9.53 Å². The predicted molar refractivity (Wildman–Crippen MR) is 112 cm³/mol. The van der Waals surface area contributed by atoms with Crippen molar-refractivity contribution in [1.29, 1.82) is 0 Å². The second-order valence-electron chi connectivity index (χ2n) is 5.88. The van der Waals surface area contributed by atoms with Crippen molar-refractivity contribution in [3.8, 4) is 5.75 Å². The van der Waals surface area contributed by atoms with Gasteiger partial charge in [-0.1, -0.05) is 23.4 Å². The summed E-state index contributed by atoms with van der Waals surface area (Å²) < 4.78 is 6.97. The smallest absolute Gasteiger partial charge is 0.234 e. The van der Waals surface area contributed by atoms with E-state index in [1.807, 2.05) is 35.9 Å². The molecule has 0 radical (unpaired) electrons. The topological polar surface area (TPSA) is 81.1 Å². The summed E-state index contributed by atoms with van der Waals surface area (Å²) >= 11 is 7.22. The molecule has 9 heteroatoms. The fourth-order valence-electron chi connectivity index (χ4n) is 2.38. The maximum Gasteiger partial charge on any atom is 0.234 e. The van der Waals surface area contributed by atoms with Gasteiger partial charge < -0.3 is 19.9 Å². The fraction of sp³-hybridized carbons (Fsp3) is 0.211. The summed E-state index contributed by atoms with van der Waals surface area (Å²) in [7, 11) is 3.48. The van der Waals surface area contributed by atoms with Crippen LogP contribution in [0.1, 0.15) is 5.82 Å². The van der Waals surface area contributed by atoms with E-state index in [1.165, 1.54) is 11.8 Å². The molecule has 0 saturated carbocycles. The molecule has 2 N–H and O–H groups in total. The first-order valence-electron chi connectivity index (χ1n) is 8.49. The summed E-state index contributed by atoms with van der Waals surface area (Å²) in [6.07, 6.45) is 0. The molecule has 3 rings (SSSR count). The molecule has 1 amide bonds. The van der Waals surface area contributed by atoms with E-state index in [2.05, 4.69) is 20.8 Å². The molecule has 7 nitrogen and oxygen atoms in total. The van der Waals surface area contributed by atoms with Crippen LogP contribution in [0.15, 0.2) is 53.7 Å². The van der Waals surface area contributed by atoms with E-state index in [-0.39, 0.29) is 11.7 Å². The van der Waals surface area contributed by atoms with Gasteiger partial charge in [0.05, 0.1) is 19.4 Å². The van der Waals surface area contributed by atoms with Crippen LogP contribution in [-0.4, -0.2) is 33.5 Å². The van der Waals surface area contributed by atoms with Gasteiger partial charge in [0, 0.05) is 23.4 Å². The second-order valence-corrected chi connectivity index (χ2v) is 7.26. The van der Waals surface area contributed by atoms with Gasteiger partial charge in [0.2, 0.25) is 5.91 Å². The van der Waals surface area contributed by atoms with E-state index in [9.17, 15) is 4.79 Å². The van der Waals surface area contributed by atoms with Crippen molar-refractivity contribution in [2.45, 2.75) is 11.7 Å². The number of ether oxygens (including phenoxy) is 1. The number of hydrogen-bond donors (Lipinski definition) is 2. The van der Waals surface area contributed by atoms with Gasteiger partial charge in [0.15, 0.2) is 11.0 Å². The predicted octanol–water partition coefficient (Wildman–Crippen LogP) is 3.82. The molecule has 0 spiro atoms. The number of nitrogens with one attached hydrogen (secondary N) is 2. The molecule has 3 aromatic rings. The van der Waals surface area contributed by atoms with Crippen LogP contribution in [0, 0.1) is 0 Å². The third-order valence-corrected chi connectivity index (χ3v) is 5.20. The zero-order valence-corrected chi connectivity index (χ0v) is 17.0. The molecule has 0 aliphatic rings. The highest BCUT2D eigenvalue weighted by molar-refractivity contribution is 7.99. The van der Waals surface area contributed by atoms with Gasteiger partial charge in [-0.25, -0.2) is 0 Å². The van der Waals surface area contributed by atoms with Gasteiger partial charge in [-0.05, 0) is 48.5 Å². The number of amides is 1. The number of methoxy groups -OCH3 is 1. The lowest BCUT2D eigenvalue weighted by Gasteiger charge is -2.07. The number of halogens is 1. The average molecular weight is 418 g/mol. The van der Waals surface area contributed by atoms with E-state index < -0.39 is 0 Å². The van der Waals surface area contributed by atoms with E-state index >= 15 is 0 Å². The van der Waals surface area contributed by atoms with Gasteiger partial charge >= 0.3 is 0 Å². The number of carbonyl (C=O) groups excluding carboxylic acids is 1. The van der Waals surface area contributed by atoms with E-state index in [4.69, 9.17) is 16.3 Å². The quantitative estimate of drug-likeness (QED) is 0.542. The van der Waals surface area contributed by atoms with Crippen LogP contribution in [0.25, 0.3) is 0 Å². The Labute approximate surface area is 172 Å². The van der Waals surface area contributed by atoms with Crippen LogP contribution in [0.5, 0.6) is 5.75 Å². The Bertz CT molecular complexity index is 929. The number of nitrogens with zero attached hydrogens (tertiary/aromatic N) is 3. The third-order valence-electron chi connectivity index (χ3n) is 3.93. The van der Waals surface area contributed by atoms with Gasteiger partial charge in [-0.2, -0.15) is 0 Å². The van der Waals surface area contributed by atoms with Crippen LogP contribution in [0.4, 0.5) is 11.4 Å². The number of carbonyl (C=O) groups is 1. The molecule has 0 fully saturated rings. The lowest BCUT2D eigenvalue weighted by molar-refractivity contribution is -0.113. The Morgan fingerprint density at radius 3 is 2.46 bits per heavy atom. The Hall–Kier alpha value is -2.71. The molecular formula is C19H20ClN5O2S. The van der Waals surface area contributed by atoms with Crippen molar-refractivity contribution >= 4 is 40.6 Å². The average Bonchev–Trinajstić information content (AvgIpc) is 3.06. The molecule has 0 unspecified atom stereocenters. The second kappa shape index (κ2) is 9.48. The number of rotatable bonds is 8. The third kappa shape index (κ3) is 5.40. The molecule has 1 aromatic heterocycles. The zero-order chi connectivity index (χ0) is 19.9. The van der Waals surface area contributed by atoms with Gasteiger partial charge in [-0.15, -0.1) is 10.2 Å². The Morgan fingerprint density at radius 2 is 1.79 bits per heavy atom. The summed E-state index contributed by atoms with van der Waals surface area (Å²) in [6, 6.07) is 14.6. The molecule has 0 aliphatic heterocycles. The molecule has 0 bridgehead atoms. The van der Waals surface area contributed by atoms with Gasteiger partial charge in [0.25, 0.3) is 0 Å². The summed E-state index contributed by atoms with van der Waals surface area (Å²) in [6.45, 7) is 0.518. The van der Waals surface area contributed by atoms with Crippen LogP contribution < -0.4 is 15.4 Å². The minimum atomic E-state index is -0.112. The number of thioether (sulfide) groups is 1. The highest BCUT2D eigenvalue weighted by atomic mass is 35.5. The largest absolute Gasteiger partial charge is 0.497 e. The van der Waals surface area contributed by atoms with E-state index in [1.54, 1.807) is 31.4 Å². The lowest BCUT2D eigenvalue weighted by atomic mass is 10.3. The SMILES string of the molecule is COc1ccc(NC(=O)CSc2nnc(CNc3ccc(Cl)cc3)n2C)cc1. The van der Waals surface area contributed by atoms with Crippen molar-refractivity contribution in [2.24, 2.45) is 7.05 Å². The minimum Gasteiger partial charge on any atom is -0.497 e. The first kappa shape index (κ1) is 20.0. The lowest BCUT2D eigenvalue weighted by Crippen LogP contribution is -2.14. The molecule has 28 heavy (non-hydrogen) atoms. The Kier molecular flexibility index (Phi) is 6.78. The Balaban J connectivity index is 1.50. The molecule has 0 atom stereocenters. The summed E-state index contributed by atoms with van der Waals surface area (Å²) in [5.74, 6) is 1.64. The fourth-order valence-corrected chi connectivity index (χ4v) is 3.23. The first-order valence-corrected chi connectivity index (χ1v) is 9.86. The minimum absolute atomic E-state index is 0.112. The number of benzene rings is 2. The monoisotopic (exact) mass is 417 g/mol. The Morgan fingerprint density at radius 1 is 1.11 bits per heavy atom. The molecule has 146 valence electrons. The highest BCUT2D eigenvalue weighted by Crippen LogP contribution is 2.19. The summed E-state index contributed by atoms with van der Waals surface area (Å²) in [5.41, 5.74) is 1.66. The molecule has 2 aromatic carbocycles. The summed E-state index contributed by atoms with van der Waals surface area (Å²) in [5, 5.41) is 15.8. The number of hydrogen-bond acceptors (Lipinski definition) is 6. The molecule has 1 heterocycles. The highest BCUT2D eigenvalue weighted by Gasteiger charge is 2.11. The zero-order valence-electron chi connectivity index (χ0n) is 15.5. The van der Waals surface area contributed by atoms with E-state index in [0.717, 1.165) is 22.9 Å². The maximum atomic E-state index is 12.2. The van der Waals surface area contributed by atoms with Crippen molar-refractivity contribution in [3.63, 3.8) is 0 Å². The molecular weight excluding hydrogens is 398 g/mol. The van der Waals surface area contributed by atoms with E-state index in [0.29, 0.717) is 16.7 Å². The van der Waals surface area contributed by atoms with Gasteiger partial charge in [0.1, 0.15) is 5.75 Å². The van der Waals surface area contributed by atoms with Crippen molar-refractivity contribution in [3.05, 3.63) is 59.4 Å². The number of aromatic nitrogens is 3. The van der Waals surface area contributed by atoms with Crippen LogP contribution in [0.3, 0.4) is 0 Å². The number of anilines is 2. The summed E-state index contributed by atoms with van der Waals surface area (Å²) in [4.78, 5) is 12.2. The van der Waals surface area contributed by atoms with Crippen molar-refractivity contribution in [1.82, 2.24) is 14.8 Å². The molecule has 0 saturated heterocycles. The van der Waals surface area contributed by atoms with Gasteiger partial charge in [-0.3, -0.25) is 4.79 Å².